The topological polar surface area (TPSA) is 60.2 Å². The van der Waals surface area contributed by atoms with Crippen LogP contribution in [0, 0.1) is 10.1 Å². The average molecular weight is 254 g/mol. The summed E-state index contributed by atoms with van der Waals surface area (Å²) >= 11 is 5.90. The van der Waals surface area contributed by atoms with Crippen LogP contribution in [0.3, 0.4) is 0 Å². The van der Waals surface area contributed by atoms with Crippen molar-refractivity contribution in [2.75, 3.05) is 0 Å². The zero-order valence-electron chi connectivity index (χ0n) is 9.35. The lowest BCUT2D eigenvalue weighted by Crippen LogP contribution is -2.01. The monoisotopic (exact) mass is 253 g/mol. The van der Waals surface area contributed by atoms with E-state index in [-0.39, 0.29) is 24.3 Å². The summed E-state index contributed by atoms with van der Waals surface area (Å²) in [5.74, 6) is -0.0723. The molecule has 0 aliphatic carbocycles. The number of rotatable bonds is 5. The Hall–Kier alpha value is -1.68. The molecule has 17 heavy (non-hydrogen) atoms. The molecule has 0 saturated carbocycles. The van der Waals surface area contributed by atoms with Gasteiger partial charge in [-0.25, -0.2) is 0 Å². The second kappa shape index (κ2) is 6.15. The van der Waals surface area contributed by atoms with Crippen molar-refractivity contribution >= 4 is 23.5 Å². The van der Waals surface area contributed by atoms with E-state index in [0.29, 0.717) is 10.6 Å². The summed E-state index contributed by atoms with van der Waals surface area (Å²) in [6.45, 7) is 1.41. The van der Waals surface area contributed by atoms with Gasteiger partial charge in [0.05, 0.1) is 4.92 Å². The first-order chi connectivity index (χ1) is 8.00. The number of carbonyl (C=O) groups excluding carboxylic acids is 1. The van der Waals surface area contributed by atoms with Crippen LogP contribution in [0.2, 0.25) is 5.02 Å². The maximum absolute atomic E-state index is 10.8. The molecule has 0 N–H and O–H groups in total. The van der Waals surface area contributed by atoms with E-state index in [1.165, 1.54) is 13.0 Å². The van der Waals surface area contributed by atoms with E-state index in [1.54, 1.807) is 24.3 Å². The van der Waals surface area contributed by atoms with Gasteiger partial charge in [-0.2, -0.15) is 0 Å². The van der Waals surface area contributed by atoms with Gasteiger partial charge in [-0.05, 0) is 18.6 Å². The zero-order chi connectivity index (χ0) is 12.8. The third kappa shape index (κ3) is 4.36. The van der Waals surface area contributed by atoms with Gasteiger partial charge in [-0.15, -0.1) is 0 Å². The highest BCUT2D eigenvalue weighted by molar-refractivity contribution is 6.32. The molecule has 1 rings (SSSR count). The lowest BCUT2D eigenvalue weighted by Gasteiger charge is -1.99. The number of allylic oxidation sites excluding steroid dienone is 1. The predicted molar refractivity (Wildman–Crippen MR) is 66.3 cm³/mol. The van der Waals surface area contributed by atoms with Crippen molar-refractivity contribution in [2.45, 2.75) is 19.8 Å². The van der Waals surface area contributed by atoms with Crippen LogP contribution >= 0.6 is 11.6 Å². The Bertz CT molecular complexity index is 469. The lowest BCUT2D eigenvalue weighted by atomic mass is 10.1. The number of halogens is 1. The molecule has 90 valence electrons. The van der Waals surface area contributed by atoms with Gasteiger partial charge in [0.25, 0.3) is 0 Å². The molecule has 0 unspecified atom stereocenters. The molecule has 1 aromatic rings. The first-order valence-electron chi connectivity index (χ1n) is 5.09. The number of nitrogens with zero attached hydrogens (tertiary/aromatic N) is 1. The number of hydrogen-bond donors (Lipinski definition) is 0. The van der Waals surface area contributed by atoms with Crippen molar-refractivity contribution < 1.29 is 9.72 Å². The van der Waals surface area contributed by atoms with E-state index in [1.807, 2.05) is 0 Å². The van der Waals surface area contributed by atoms with E-state index in [9.17, 15) is 14.9 Å². The summed E-state index contributed by atoms with van der Waals surface area (Å²) in [7, 11) is 0. The van der Waals surface area contributed by atoms with Crippen molar-refractivity contribution in [3.05, 3.63) is 50.7 Å². The third-order valence-corrected chi connectivity index (χ3v) is 2.54. The molecular formula is C12H12ClNO3. The van der Waals surface area contributed by atoms with Crippen molar-refractivity contribution in [1.29, 1.82) is 0 Å². The van der Waals surface area contributed by atoms with E-state index < -0.39 is 4.92 Å². The van der Waals surface area contributed by atoms with Gasteiger partial charge in [0.1, 0.15) is 5.78 Å². The Morgan fingerprint density at radius 2 is 2.06 bits per heavy atom. The standard InChI is InChI=1S/C12H12ClNO3/c1-9(15)6-7-11(14(16)17)8-10-4-2-3-5-12(10)13/h2-5,8H,6-7H2,1H3/b11-8+. The first kappa shape index (κ1) is 13.4. The van der Waals surface area contributed by atoms with Gasteiger partial charge in [0.2, 0.25) is 5.70 Å². The molecule has 0 aliphatic heterocycles. The SMILES string of the molecule is CC(=O)CC/C(=C\c1ccccc1Cl)[N+](=O)[O-]. The largest absolute Gasteiger partial charge is 0.300 e. The van der Waals surface area contributed by atoms with Crippen LogP contribution in [0.15, 0.2) is 30.0 Å². The summed E-state index contributed by atoms with van der Waals surface area (Å²) in [6, 6.07) is 6.86. The Morgan fingerprint density at radius 1 is 1.41 bits per heavy atom. The van der Waals surface area contributed by atoms with Crippen LogP contribution in [0.1, 0.15) is 25.3 Å². The number of ketones is 1. The van der Waals surface area contributed by atoms with Gasteiger partial charge in [0.15, 0.2) is 0 Å². The predicted octanol–water partition coefficient (Wildman–Crippen LogP) is 3.33. The molecule has 0 atom stereocenters. The summed E-state index contributed by atoms with van der Waals surface area (Å²) in [4.78, 5) is 21.1. The Kier molecular flexibility index (Phi) is 4.84. The second-order valence-corrected chi connectivity index (χ2v) is 4.02. The number of carbonyl (C=O) groups is 1. The molecule has 0 saturated heterocycles. The number of benzene rings is 1. The van der Waals surface area contributed by atoms with Gasteiger partial charge < -0.3 is 4.79 Å². The maximum Gasteiger partial charge on any atom is 0.247 e. The van der Waals surface area contributed by atoms with Gasteiger partial charge in [-0.3, -0.25) is 10.1 Å². The van der Waals surface area contributed by atoms with E-state index in [0.717, 1.165) is 0 Å². The maximum atomic E-state index is 10.8. The summed E-state index contributed by atoms with van der Waals surface area (Å²) < 4.78 is 0. The lowest BCUT2D eigenvalue weighted by molar-refractivity contribution is -0.426. The molecule has 0 aliphatic rings. The minimum absolute atomic E-state index is 0.00620. The van der Waals surface area contributed by atoms with Crippen molar-refractivity contribution in [3.8, 4) is 0 Å². The molecular weight excluding hydrogens is 242 g/mol. The molecule has 0 spiro atoms. The van der Waals surface area contributed by atoms with Crippen LogP contribution in [0.5, 0.6) is 0 Å². The molecule has 0 fully saturated rings. The fourth-order valence-electron chi connectivity index (χ4n) is 1.29. The normalized spacial score (nSPS) is 11.3. The highest BCUT2D eigenvalue weighted by atomic mass is 35.5. The summed E-state index contributed by atoms with van der Waals surface area (Å²) in [5.41, 5.74) is 0.581. The Balaban J connectivity index is 2.94. The van der Waals surface area contributed by atoms with Crippen LogP contribution in [-0.2, 0) is 4.79 Å². The Labute approximate surface area is 104 Å². The smallest absolute Gasteiger partial charge is 0.247 e. The quantitative estimate of drug-likeness (QED) is 0.597. The average Bonchev–Trinajstić information content (AvgIpc) is 2.25. The molecule has 5 heteroatoms. The summed E-state index contributed by atoms with van der Waals surface area (Å²) in [6.07, 6.45) is 1.69. The van der Waals surface area contributed by atoms with E-state index in [4.69, 9.17) is 11.6 Å². The minimum Gasteiger partial charge on any atom is -0.300 e. The van der Waals surface area contributed by atoms with E-state index >= 15 is 0 Å². The van der Waals surface area contributed by atoms with Gasteiger partial charge >= 0.3 is 0 Å². The fourth-order valence-corrected chi connectivity index (χ4v) is 1.48. The van der Waals surface area contributed by atoms with Crippen molar-refractivity contribution in [3.63, 3.8) is 0 Å². The van der Waals surface area contributed by atoms with Gasteiger partial charge in [-0.1, -0.05) is 29.8 Å². The highest BCUT2D eigenvalue weighted by Crippen LogP contribution is 2.20. The summed E-state index contributed by atoms with van der Waals surface area (Å²) in [5, 5.41) is 11.3. The van der Waals surface area contributed by atoms with Crippen molar-refractivity contribution in [1.82, 2.24) is 0 Å². The third-order valence-electron chi connectivity index (χ3n) is 2.20. The first-order valence-corrected chi connectivity index (χ1v) is 5.47. The molecule has 1 aromatic carbocycles. The molecule has 0 bridgehead atoms. The van der Waals surface area contributed by atoms with Crippen molar-refractivity contribution in [2.24, 2.45) is 0 Å². The van der Waals surface area contributed by atoms with Crippen LogP contribution in [0.25, 0.3) is 6.08 Å². The van der Waals surface area contributed by atoms with Crippen LogP contribution in [-0.4, -0.2) is 10.7 Å². The molecule has 0 radical (unpaired) electrons. The fraction of sp³-hybridized carbons (Fsp3) is 0.250. The number of hydrogen-bond acceptors (Lipinski definition) is 3. The number of Topliss-reactive ketones (excluding diaryl/α,β-unsaturated/α-hetero) is 1. The van der Waals surface area contributed by atoms with Gasteiger partial charge in [0, 0.05) is 23.9 Å². The number of nitro groups is 1. The highest BCUT2D eigenvalue weighted by Gasteiger charge is 2.12. The Morgan fingerprint density at radius 3 is 2.59 bits per heavy atom. The molecule has 4 nitrogen and oxygen atoms in total. The zero-order valence-corrected chi connectivity index (χ0v) is 10.1. The minimum atomic E-state index is -0.480. The van der Waals surface area contributed by atoms with Crippen LogP contribution in [0.4, 0.5) is 0 Å². The van der Waals surface area contributed by atoms with Crippen LogP contribution < -0.4 is 0 Å². The second-order valence-electron chi connectivity index (χ2n) is 3.62. The molecule has 0 heterocycles. The van der Waals surface area contributed by atoms with E-state index in [2.05, 4.69) is 0 Å². The molecule has 0 aromatic heterocycles. The molecule has 0 amide bonds.